The Kier molecular flexibility index (Phi) is 5.45. The molecular weight excluding hydrogens is 248 g/mol. The van der Waals surface area contributed by atoms with Gasteiger partial charge in [0.25, 0.3) is 0 Å². The van der Waals surface area contributed by atoms with Crippen LogP contribution in [0.15, 0.2) is 30.3 Å². The number of hydrogen-bond donors (Lipinski definition) is 0. The highest BCUT2D eigenvalue weighted by Crippen LogP contribution is 2.24. The summed E-state index contributed by atoms with van der Waals surface area (Å²) in [4.78, 5) is 16.2. The molecule has 1 aliphatic rings. The standard InChI is InChI=1S/C17H26N2O/c1-3-4-8-15-11-13-19(14-12-15)17(20)18(2)16-9-6-5-7-10-16/h5-7,9-10,15H,3-4,8,11-14H2,1-2H3. The number of unbranched alkanes of at least 4 members (excludes halogenated alkanes) is 1. The van der Waals surface area contributed by atoms with E-state index in [-0.39, 0.29) is 6.03 Å². The van der Waals surface area contributed by atoms with Crippen molar-refractivity contribution in [3.8, 4) is 0 Å². The first kappa shape index (κ1) is 14.9. The Morgan fingerprint density at radius 2 is 1.90 bits per heavy atom. The van der Waals surface area contributed by atoms with Crippen LogP contribution in [0.25, 0.3) is 0 Å². The van der Waals surface area contributed by atoms with E-state index in [9.17, 15) is 4.79 Å². The molecule has 1 aromatic rings. The molecule has 0 unspecified atom stereocenters. The minimum absolute atomic E-state index is 0.130. The second-order valence-electron chi connectivity index (χ2n) is 5.75. The third kappa shape index (κ3) is 3.75. The Morgan fingerprint density at radius 1 is 1.25 bits per heavy atom. The summed E-state index contributed by atoms with van der Waals surface area (Å²) in [7, 11) is 1.86. The Morgan fingerprint density at radius 3 is 2.50 bits per heavy atom. The number of rotatable bonds is 4. The van der Waals surface area contributed by atoms with E-state index in [1.165, 1.54) is 19.3 Å². The lowest BCUT2D eigenvalue weighted by Gasteiger charge is -2.34. The average Bonchev–Trinajstić information content (AvgIpc) is 2.53. The zero-order valence-corrected chi connectivity index (χ0v) is 12.7. The summed E-state index contributed by atoms with van der Waals surface area (Å²) in [6.45, 7) is 4.06. The summed E-state index contributed by atoms with van der Waals surface area (Å²) in [6, 6.07) is 10.00. The lowest BCUT2D eigenvalue weighted by atomic mass is 9.92. The molecule has 0 aromatic heterocycles. The van der Waals surface area contributed by atoms with Gasteiger partial charge in [-0.25, -0.2) is 4.79 Å². The largest absolute Gasteiger partial charge is 0.324 e. The van der Waals surface area contributed by atoms with E-state index in [1.54, 1.807) is 4.90 Å². The minimum atomic E-state index is 0.130. The third-order valence-electron chi connectivity index (χ3n) is 4.28. The number of carbonyl (C=O) groups is 1. The number of anilines is 1. The van der Waals surface area contributed by atoms with Gasteiger partial charge >= 0.3 is 6.03 Å². The van der Waals surface area contributed by atoms with Gasteiger partial charge in [-0.15, -0.1) is 0 Å². The maximum Gasteiger partial charge on any atom is 0.324 e. The van der Waals surface area contributed by atoms with Gasteiger partial charge in [0.05, 0.1) is 0 Å². The molecule has 0 saturated carbocycles. The molecule has 2 amide bonds. The maximum absolute atomic E-state index is 12.5. The van der Waals surface area contributed by atoms with Crippen LogP contribution in [-0.4, -0.2) is 31.1 Å². The summed E-state index contributed by atoms with van der Waals surface area (Å²) in [6.07, 6.45) is 6.24. The van der Waals surface area contributed by atoms with Gasteiger partial charge in [-0.1, -0.05) is 44.4 Å². The molecule has 1 fully saturated rings. The van der Waals surface area contributed by atoms with Crippen molar-refractivity contribution in [2.24, 2.45) is 5.92 Å². The molecule has 0 atom stereocenters. The fraction of sp³-hybridized carbons (Fsp3) is 0.588. The molecule has 1 saturated heterocycles. The van der Waals surface area contributed by atoms with Crippen molar-refractivity contribution in [1.29, 1.82) is 0 Å². The quantitative estimate of drug-likeness (QED) is 0.809. The predicted molar refractivity (Wildman–Crippen MR) is 84.1 cm³/mol. The molecule has 1 aromatic carbocycles. The molecule has 0 spiro atoms. The van der Waals surface area contributed by atoms with E-state index in [0.29, 0.717) is 0 Å². The number of amides is 2. The van der Waals surface area contributed by atoms with Crippen molar-refractivity contribution in [3.05, 3.63) is 30.3 Å². The van der Waals surface area contributed by atoms with Crippen LogP contribution in [0.2, 0.25) is 0 Å². The molecule has 0 bridgehead atoms. The topological polar surface area (TPSA) is 23.6 Å². The van der Waals surface area contributed by atoms with Gasteiger partial charge in [-0.05, 0) is 30.9 Å². The highest BCUT2D eigenvalue weighted by atomic mass is 16.2. The fourth-order valence-electron chi connectivity index (χ4n) is 2.88. The van der Waals surface area contributed by atoms with Gasteiger partial charge in [-0.2, -0.15) is 0 Å². The van der Waals surface area contributed by atoms with E-state index in [2.05, 4.69) is 6.92 Å². The van der Waals surface area contributed by atoms with Crippen molar-refractivity contribution in [1.82, 2.24) is 4.90 Å². The summed E-state index contributed by atoms with van der Waals surface area (Å²) in [5, 5.41) is 0. The van der Waals surface area contributed by atoms with Crippen molar-refractivity contribution in [2.45, 2.75) is 39.0 Å². The Labute approximate surface area is 122 Å². The molecule has 0 aliphatic carbocycles. The van der Waals surface area contributed by atoms with Crippen LogP contribution in [0.5, 0.6) is 0 Å². The monoisotopic (exact) mass is 274 g/mol. The minimum Gasteiger partial charge on any atom is -0.324 e. The molecule has 20 heavy (non-hydrogen) atoms. The van der Waals surface area contributed by atoms with Crippen LogP contribution in [-0.2, 0) is 0 Å². The highest BCUT2D eigenvalue weighted by molar-refractivity contribution is 5.91. The lowest BCUT2D eigenvalue weighted by molar-refractivity contribution is 0.174. The predicted octanol–water partition coefficient (Wildman–Crippen LogP) is 4.15. The summed E-state index contributed by atoms with van der Waals surface area (Å²) in [5.74, 6) is 0.820. The second-order valence-corrected chi connectivity index (χ2v) is 5.75. The van der Waals surface area contributed by atoms with Crippen LogP contribution < -0.4 is 4.90 Å². The molecule has 1 heterocycles. The lowest BCUT2D eigenvalue weighted by Crippen LogP contribution is -2.45. The van der Waals surface area contributed by atoms with Crippen molar-refractivity contribution < 1.29 is 4.79 Å². The number of benzene rings is 1. The van der Waals surface area contributed by atoms with Crippen LogP contribution >= 0.6 is 0 Å². The van der Waals surface area contributed by atoms with Gasteiger partial charge in [0.1, 0.15) is 0 Å². The van der Waals surface area contributed by atoms with E-state index in [0.717, 1.165) is 37.5 Å². The van der Waals surface area contributed by atoms with Gasteiger partial charge in [0, 0.05) is 25.8 Å². The summed E-state index contributed by atoms with van der Waals surface area (Å²) >= 11 is 0. The summed E-state index contributed by atoms with van der Waals surface area (Å²) < 4.78 is 0. The number of hydrogen-bond acceptors (Lipinski definition) is 1. The normalized spacial score (nSPS) is 16.2. The smallest absolute Gasteiger partial charge is 0.324 e. The number of urea groups is 1. The van der Waals surface area contributed by atoms with Crippen molar-refractivity contribution in [2.75, 3.05) is 25.0 Å². The Hall–Kier alpha value is -1.51. The third-order valence-corrected chi connectivity index (χ3v) is 4.28. The fourth-order valence-corrected chi connectivity index (χ4v) is 2.88. The maximum atomic E-state index is 12.5. The van der Waals surface area contributed by atoms with Crippen molar-refractivity contribution in [3.63, 3.8) is 0 Å². The van der Waals surface area contributed by atoms with Crippen LogP contribution in [0.4, 0.5) is 10.5 Å². The number of likely N-dealkylation sites (tertiary alicyclic amines) is 1. The van der Waals surface area contributed by atoms with Gasteiger partial charge in [0.15, 0.2) is 0 Å². The van der Waals surface area contributed by atoms with E-state index in [4.69, 9.17) is 0 Å². The average molecular weight is 274 g/mol. The highest BCUT2D eigenvalue weighted by Gasteiger charge is 2.24. The van der Waals surface area contributed by atoms with Gasteiger partial charge < -0.3 is 4.90 Å². The zero-order chi connectivity index (χ0) is 14.4. The van der Waals surface area contributed by atoms with Crippen LogP contribution in [0.3, 0.4) is 0 Å². The first-order valence-electron chi connectivity index (χ1n) is 7.80. The first-order chi connectivity index (χ1) is 9.72. The van der Waals surface area contributed by atoms with E-state index < -0.39 is 0 Å². The number of nitrogens with zero attached hydrogens (tertiary/aromatic N) is 2. The molecular formula is C17H26N2O. The van der Waals surface area contributed by atoms with Gasteiger partial charge in [0.2, 0.25) is 0 Å². The van der Waals surface area contributed by atoms with Gasteiger partial charge in [-0.3, -0.25) is 4.90 Å². The molecule has 0 N–H and O–H groups in total. The SMILES string of the molecule is CCCCC1CCN(C(=O)N(C)c2ccccc2)CC1. The number of carbonyl (C=O) groups excluding carboxylic acids is 1. The molecule has 3 heteroatoms. The second kappa shape index (κ2) is 7.32. The summed E-state index contributed by atoms with van der Waals surface area (Å²) in [5.41, 5.74) is 0.964. The zero-order valence-electron chi connectivity index (χ0n) is 12.7. The molecule has 2 rings (SSSR count). The molecule has 0 radical (unpaired) electrons. The van der Waals surface area contributed by atoms with Crippen molar-refractivity contribution >= 4 is 11.7 Å². The van der Waals surface area contributed by atoms with Crippen LogP contribution in [0, 0.1) is 5.92 Å². The van der Waals surface area contributed by atoms with E-state index >= 15 is 0 Å². The number of para-hydroxylation sites is 1. The van der Waals surface area contributed by atoms with E-state index in [1.807, 2.05) is 42.3 Å². The first-order valence-corrected chi connectivity index (χ1v) is 7.80. The molecule has 3 nitrogen and oxygen atoms in total. The molecule has 110 valence electrons. The number of piperidine rings is 1. The molecule has 1 aliphatic heterocycles. The van der Waals surface area contributed by atoms with Crippen LogP contribution in [0.1, 0.15) is 39.0 Å². The Bertz CT molecular complexity index is 410. The Balaban J connectivity index is 1.85.